The van der Waals surface area contributed by atoms with Crippen LogP contribution in [0.4, 0.5) is 4.79 Å². The highest BCUT2D eigenvalue weighted by molar-refractivity contribution is 5.69. The molecule has 1 amide bonds. The van der Waals surface area contributed by atoms with Crippen molar-refractivity contribution in [2.24, 2.45) is 5.92 Å². The first-order valence-corrected chi connectivity index (χ1v) is 9.41. The summed E-state index contributed by atoms with van der Waals surface area (Å²) in [5, 5.41) is 9.31. The molecule has 25 heavy (non-hydrogen) atoms. The van der Waals surface area contributed by atoms with Crippen molar-refractivity contribution in [3.8, 4) is 6.07 Å². The minimum absolute atomic E-state index is 0.0344. The molecule has 1 unspecified atom stereocenters. The average Bonchev–Trinajstić information content (AvgIpc) is 2.59. The van der Waals surface area contributed by atoms with Crippen LogP contribution < -0.4 is 0 Å². The number of hydrogen-bond donors (Lipinski definition) is 0. The van der Waals surface area contributed by atoms with Crippen LogP contribution in [0.3, 0.4) is 0 Å². The second kappa shape index (κ2) is 7.07. The molecule has 1 aliphatic heterocycles. The summed E-state index contributed by atoms with van der Waals surface area (Å²) in [6, 6.07) is 8.23. The van der Waals surface area contributed by atoms with Crippen molar-refractivity contribution in [2.75, 3.05) is 6.54 Å². The molecule has 1 saturated carbocycles. The average molecular weight is 340 g/mol. The number of rotatable bonds is 1. The van der Waals surface area contributed by atoms with E-state index in [0.717, 1.165) is 24.8 Å². The molecule has 0 N–H and O–H groups in total. The Labute approximate surface area is 150 Å². The van der Waals surface area contributed by atoms with Gasteiger partial charge in [0.25, 0.3) is 0 Å². The number of nitriles is 1. The summed E-state index contributed by atoms with van der Waals surface area (Å²) < 4.78 is 5.69. The fourth-order valence-electron chi connectivity index (χ4n) is 4.20. The second-order valence-electron chi connectivity index (χ2n) is 8.29. The zero-order chi connectivity index (χ0) is 18.0. The van der Waals surface area contributed by atoms with Gasteiger partial charge >= 0.3 is 6.09 Å². The predicted molar refractivity (Wildman–Crippen MR) is 97.1 cm³/mol. The van der Waals surface area contributed by atoms with E-state index in [4.69, 9.17) is 4.74 Å². The Hall–Kier alpha value is -2.02. The van der Waals surface area contributed by atoms with Crippen molar-refractivity contribution in [2.45, 2.75) is 70.9 Å². The summed E-state index contributed by atoms with van der Waals surface area (Å²) in [5.74, 6) is 0.453. The molecule has 0 radical (unpaired) electrons. The van der Waals surface area contributed by atoms with Gasteiger partial charge in [-0.05, 0) is 69.2 Å². The van der Waals surface area contributed by atoms with Gasteiger partial charge in [0.15, 0.2) is 0 Å². The molecule has 4 heteroatoms. The minimum atomic E-state index is -0.497. The fraction of sp³-hybridized carbons (Fsp3) is 0.619. The van der Waals surface area contributed by atoms with Crippen LogP contribution in [-0.4, -0.2) is 23.1 Å². The van der Waals surface area contributed by atoms with Gasteiger partial charge in [-0.15, -0.1) is 0 Å². The predicted octanol–water partition coefficient (Wildman–Crippen LogP) is 4.97. The van der Waals surface area contributed by atoms with E-state index >= 15 is 0 Å². The Bertz CT molecular complexity index is 678. The summed E-state index contributed by atoms with van der Waals surface area (Å²) in [5.41, 5.74) is 2.60. The van der Waals surface area contributed by atoms with E-state index in [2.05, 4.69) is 12.1 Å². The van der Waals surface area contributed by atoms with Gasteiger partial charge in [-0.25, -0.2) is 4.79 Å². The molecular formula is C21H28N2O2. The summed E-state index contributed by atoms with van der Waals surface area (Å²) in [6.07, 6.45) is 6.59. The van der Waals surface area contributed by atoms with E-state index in [1.807, 2.05) is 37.8 Å². The van der Waals surface area contributed by atoms with Crippen LogP contribution in [0.15, 0.2) is 18.2 Å². The molecule has 0 bridgehead atoms. The first-order valence-electron chi connectivity index (χ1n) is 9.41. The number of nitrogens with zero attached hydrogens (tertiary/aromatic N) is 2. The van der Waals surface area contributed by atoms with E-state index in [9.17, 15) is 10.1 Å². The van der Waals surface area contributed by atoms with E-state index in [1.165, 1.54) is 24.8 Å². The number of amides is 1. The van der Waals surface area contributed by atoms with Gasteiger partial charge in [-0.2, -0.15) is 5.26 Å². The minimum Gasteiger partial charge on any atom is -0.444 e. The molecule has 0 aromatic heterocycles. The maximum absolute atomic E-state index is 12.9. The zero-order valence-electron chi connectivity index (χ0n) is 15.5. The molecular weight excluding hydrogens is 312 g/mol. The van der Waals surface area contributed by atoms with Crippen molar-refractivity contribution in [1.29, 1.82) is 5.26 Å². The summed E-state index contributed by atoms with van der Waals surface area (Å²) in [4.78, 5) is 14.8. The number of carbonyl (C=O) groups excluding carboxylic acids is 1. The first-order chi connectivity index (χ1) is 11.9. The number of benzene rings is 1. The lowest BCUT2D eigenvalue weighted by molar-refractivity contribution is 0.00399. The first kappa shape index (κ1) is 17.8. The molecule has 1 heterocycles. The lowest BCUT2D eigenvalue weighted by Crippen LogP contribution is -2.45. The molecule has 1 aromatic carbocycles. The summed E-state index contributed by atoms with van der Waals surface area (Å²) in [6.45, 7) is 6.42. The number of fused-ring (bicyclic) bond motifs is 1. The van der Waals surface area contributed by atoms with E-state index in [1.54, 1.807) is 0 Å². The Morgan fingerprint density at radius 1 is 1.24 bits per heavy atom. The van der Waals surface area contributed by atoms with Crippen molar-refractivity contribution < 1.29 is 9.53 Å². The Morgan fingerprint density at radius 2 is 1.96 bits per heavy atom. The van der Waals surface area contributed by atoms with Gasteiger partial charge in [0, 0.05) is 6.54 Å². The number of ether oxygens (including phenoxy) is 1. The maximum atomic E-state index is 12.9. The normalized spacial score (nSPS) is 21.4. The molecule has 1 atom stereocenters. The van der Waals surface area contributed by atoms with Crippen molar-refractivity contribution in [3.05, 3.63) is 34.9 Å². The number of carbonyl (C=O) groups is 1. The molecule has 3 rings (SSSR count). The lowest BCUT2D eigenvalue weighted by Gasteiger charge is -2.43. The zero-order valence-corrected chi connectivity index (χ0v) is 15.5. The largest absolute Gasteiger partial charge is 0.444 e. The molecule has 134 valence electrons. The van der Waals surface area contributed by atoms with E-state index < -0.39 is 5.60 Å². The van der Waals surface area contributed by atoms with Crippen molar-refractivity contribution in [1.82, 2.24) is 4.90 Å². The third-order valence-corrected chi connectivity index (χ3v) is 5.28. The van der Waals surface area contributed by atoms with Crippen molar-refractivity contribution in [3.63, 3.8) is 0 Å². The Morgan fingerprint density at radius 3 is 2.60 bits per heavy atom. The smallest absolute Gasteiger partial charge is 0.410 e. The molecule has 1 fully saturated rings. The maximum Gasteiger partial charge on any atom is 0.410 e. The molecule has 2 aliphatic rings. The van der Waals surface area contributed by atoms with Crippen LogP contribution in [0, 0.1) is 17.2 Å². The van der Waals surface area contributed by atoms with Gasteiger partial charge in [-0.1, -0.05) is 25.3 Å². The highest BCUT2D eigenvalue weighted by Gasteiger charge is 2.38. The fourth-order valence-corrected chi connectivity index (χ4v) is 4.20. The van der Waals surface area contributed by atoms with Crippen LogP contribution in [-0.2, 0) is 11.2 Å². The van der Waals surface area contributed by atoms with Gasteiger partial charge in [0.1, 0.15) is 5.60 Å². The summed E-state index contributed by atoms with van der Waals surface area (Å²) >= 11 is 0. The molecule has 1 aromatic rings. The van der Waals surface area contributed by atoms with Crippen LogP contribution in [0.2, 0.25) is 0 Å². The SMILES string of the molecule is CC(C)(C)OC(=O)N1CCc2ccc(C#N)cc2C1C1CCCCC1. The number of hydrogen-bond acceptors (Lipinski definition) is 3. The van der Waals surface area contributed by atoms with Crippen LogP contribution in [0.25, 0.3) is 0 Å². The third-order valence-electron chi connectivity index (χ3n) is 5.28. The Kier molecular flexibility index (Phi) is 5.03. The highest BCUT2D eigenvalue weighted by atomic mass is 16.6. The van der Waals surface area contributed by atoms with E-state index in [-0.39, 0.29) is 12.1 Å². The standard InChI is InChI=1S/C21H28N2O2/c1-21(2,3)25-20(24)23-12-11-16-10-9-15(14-22)13-18(16)19(23)17-7-5-4-6-8-17/h9-10,13,17,19H,4-8,11-12H2,1-3H3. The Balaban J connectivity index is 1.97. The van der Waals surface area contributed by atoms with Crippen LogP contribution in [0.5, 0.6) is 0 Å². The second-order valence-corrected chi connectivity index (χ2v) is 8.29. The van der Waals surface area contributed by atoms with Gasteiger partial charge in [0.05, 0.1) is 17.7 Å². The van der Waals surface area contributed by atoms with E-state index in [0.29, 0.717) is 18.0 Å². The molecule has 4 nitrogen and oxygen atoms in total. The van der Waals surface area contributed by atoms with Crippen molar-refractivity contribution >= 4 is 6.09 Å². The molecule has 0 saturated heterocycles. The monoisotopic (exact) mass is 340 g/mol. The van der Waals surface area contributed by atoms with Gasteiger partial charge < -0.3 is 9.64 Å². The van der Waals surface area contributed by atoms with Gasteiger partial charge in [0.2, 0.25) is 0 Å². The highest BCUT2D eigenvalue weighted by Crippen LogP contribution is 2.42. The topological polar surface area (TPSA) is 53.3 Å². The van der Waals surface area contributed by atoms with Gasteiger partial charge in [-0.3, -0.25) is 0 Å². The third kappa shape index (κ3) is 3.98. The quantitative estimate of drug-likeness (QED) is 0.725. The lowest BCUT2D eigenvalue weighted by atomic mass is 9.77. The molecule has 1 aliphatic carbocycles. The van der Waals surface area contributed by atoms with Crippen LogP contribution >= 0.6 is 0 Å². The summed E-state index contributed by atoms with van der Waals surface area (Å²) in [7, 11) is 0. The van der Waals surface area contributed by atoms with Crippen LogP contribution in [0.1, 0.15) is 75.6 Å². The molecule has 0 spiro atoms.